The number of nitrogens with one attached hydrogen (secondary N) is 1. The molecule has 0 saturated heterocycles. The summed E-state index contributed by atoms with van der Waals surface area (Å²) < 4.78 is 27.1. The topological polar surface area (TPSA) is 95.6 Å². The Morgan fingerprint density at radius 2 is 2.00 bits per heavy atom. The van der Waals surface area contributed by atoms with Crippen molar-refractivity contribution < 1.29 is 23.8 Å². The van der Waals surface area contributed by atoms with Gasteiger partial charge in [0.2, 0.25) is 0 Å². The van der Waals surface area contributed by atoms with Gasteiger partial charge in [-0.15, -0.1) is 0 Å². The molecule has 0 spiro atoms. The Balaban J connectivity index is 0.00000211. The highest BCUT2D eigenvalue weighted by molar-refractivity contribution is 5.97. The third-order valence-electron chi connectivity index (χ3n) is 2.35. The standard InChI is InChI=1S/C13H12F2N2O3.C2H6/c1-3-4-8(6(2)14)17-12-7(13(19)20)5-9(18)11(16)10(12)15;1-2/h3-5,17-18H,1-2,16H2,(H,19,20);1-2H3/b8-4+;. The van der Waals surface area contributed by atoms with Crippen molar-refractivity contribution in [3.05, 3.63) is 54.3 Å². The lowest BCUT2D eigenvalue weighted by molar-refractivity contribution is 0.0697. The lowest BCUT2D eigenvalue weighted by atomic mass is 10.1. The van der Waals surface area contributed by atoms with Gasteiger partial charge in [0.1, 0.15) is 17.3 Å². The fraction of sp³-hybridized carbons (Fsp3) is 0.133. The molecule has 1 rings (SSSR count). The zero-order valence-electron chi connectivity index (χ0n) is 12.3. The van der Waals surface area contributed by atoms with Crippen LogP contribution in [0.25, 0.3) is 0 Å². The van der Waals surface area contributed by atoms with Crippen LogP contribution in [-0.4, -0.2) is 16.2 Å². The van der Waals surface area contributed by atoms with Crippen LogP contribution >= 0.6 is 0 Å². The summed E-state index contributed by atoms with van der Waals surface area (Å²) in [7, 11) is 0. The minimum Gasteiger partial charge on any atom is -0.506 e. The molecule has 22 heavy (non-hydrogen) atoms. The molecule has 0 bridgehead atoms. The van der Waals surface area contributed by atoms with E-state index < -0.39 is 40.3 Å². The van der Waals surface area contributed by atoms with Gasteiger partial charge in [-0.2, -0.15) is 0 Å². The maximum absolute atomic E-state index is 13.9. The Labute approximate surface area is 127 Å². The van der Waals surface area contributed by atoms with E-state index in [1.165, 1.54) is 6.08 Å². The number of phenolic OH excluding ortho intramolecular Hbond substituents is 1. The smallest absolute Gasteiger partial charge is 0.338 e. The van der Waals surface area contributed by atoms with Crippen LogP contribution in [0.4, 0.5) is 20.2 Å². The normalized spacial score (nSPS) is 10.3. The van der Waals surface area contributed by atoms with Crippen molar-refractivity contribution in [1.82, 2.24) is 0 Å². The number of carbonyl (C=O) groups is 1. The largest absolute Gasteiger partial charge is 0.506 e. The van der Waals surface area contributed by atoms with E-state index in [1.807, 2.05) is 13.8 Å². The molecule has 0 fully saturated rings. The monoisotopic (exact) mass is 312 g/mol. The number of phenols is 1. The molecule has 0 unspecified atom stereocenters. The van der Waals surface area contributed by atoms with Crippen molar-refractivity contribution >= 4 is 17.3 Å². The zero-order chi connectivity index (χ0) is 17.4. The number of nitrogens with two attached hydrogens (primary N) is 1. The van der Waals surface area contributed by atoms with Crippen LogP contribution in [0.2, 0.25) is 0 Å². The van der Waals surface area contributed by atoms with Gasteiger partial charge in [0.15, 0.2) is 5.82 Å². The second kappa shape index (κ2) is 8.46. The summed E-state index contributed by atoms with van der Waals surface area (Å²) in [6, 6.07) is 0.760. The zero-order valence-corrected chi connectivity index (χ0v) is 12.3. The molecule has 0 saturated carbocycles. The van der Waals surface area contributed by atoms with Crippen molar-refractivity contribution in [2.24, 2.45) is 0 Å². The predicted octanol–water partition coefficient (Wildman–Crippen LogP) is 3.80. The van der Waals surface area contributed by atoms with Crippen LogP contribution in [0, 0.1) is 5.82 Å². The summed E-state index contributed by atoms with van der Waals surface area (Å²) in [5.74, 6) is -4.41. The van der Waals surface area contributed by atoms with Crippen molar-refractivity contribution in [3.8, 4) is 5.75 Å². The molecule has 0 aromatic heterocycles. The minimum absolute atomic E-state index is 0.286. The van der Waals surface area contributed by atoms with E-state index in [-0.39, 0.29) is 5.70 Å². The van der Waals surface area contributed by atoms with E-state index in [0.29, 0.717) is 0 Å². The number of aromatic carboxylic acids is 1. The van der Waals surface area contributed by atoms with E-state index in [1.54, 1.807) is 0 Å². The summed E-state index contributed by atoms with van der Waals surface area (Å²) in [4.78, 5) is 11.0. The Kier molecular flexibility index (Phi) is 7.37. The van der Waals surface area contributed by atoms with Crippen LogP contribution in [0.1, 0.15) is 24.2 Å². The summed E-state index contributed by atoms with van der Waals surface area (Å²) in [6.07, 6.45) is 2.34. The average molecular weight is 312 g/mol. The number of carboxylic acids is 1. The van der Waals surface area contributed by atoms with Gasteiger partial charge >= 0.3 is 5.97 Å². The number of benzene rings is 1. The minimum atomic E-state index is -1.52. The molecule has 0 heterocycles. The lowest BCUT2D eigenvalue weighted by Gasteiger charge is -2.14. The fourth-order valence-corrected chi connectivity index (χ4v) is 1.40. The van der Waals surface area contributed by atoms with Crippen LogP contribution in [-0.2, 0) is 0 Å². The molecular weight excluding hydrogens is 294 g/mol. The molecule has 7 heteroatoms. The van der Waals surface area contributed by atoms with E-state index in [2.05, 4.69) is 18.5 Å². The lowest BCUT2D eigenvalue weighted by Crippen LogP contribution is -2.10. The molecule has 0 radical (unpaired) electrons. The first-order chi connectivity index (χ1) is 10.3. The number of hydrogen-bond donors (Lipinski definition) is 4. The van der Waals surface area contributed by atoms with Crippen molar-refractivity contribution in [2.75, 3.05) is 11.1 Å². The highest BCUT2D eigenvalue weighted by Crippen LogP contribution is 2.34. The van der Waals surface area contributed by atoms with Crippen LogP contribution in [0.3, 0.4) is 0 Å². The third kappa shape index (κ3) is 4.34. The molecule has 0 aliphatic heterocycles. The van der Waals surface area contributed by atoms with Crippen LogP contribution in [0.5, 0.6) is 5.75 Å². The molecule has 0 aliphatic carbocycles. The number of anilines is 2. The van der Waals surface area contributed by atoms with Gasteiger partial charge in [-0.25, -0.2) is 13.6 Å². The maximum Gasteiger partial charge on any atom is 0.338 e. The second-order valence-corrected chi connectivity index (χ2v) is 3.70. The quantitative estimate of drug-likeness (QED) is 0.287. The first-order valence-electron chi connectivity index (χ1n) is 6.28. The Bertz CT molecular complexity index is 626. The first kappa shape index (κ1) is 19.2. The van der Waals surface area contributed by atoms with Crippen molar-refractivity contribution in [3.63, 3.8) is 0 Å². The van der Waals surface area contributed by atoms with Gasteiger partial charge < -0.3 is 21.3 Å². The molecular formula is C15H18F2N2O3. The Morgan fingerprint density at radius 1 is 1.45 bits per heavy atom. The summed E-state index contributed by atoms with van der Waals surface area (Å²) >= 11 is 0. The number of allylic oxidation sites excluding steroid dienone is 3. The highest BCUT2D eigenvalue weighted by Gasteiger charge is 2.21. The van der Waals surface area contributed by atoms with Gasteiger partial charge in [-0.3, -0.25) is 0 Å². The molecule has 0 aliphatic rings. The average Bonchev–Trinajstić information content (AvgIpc) is 2.48. The van der Waals surface area contributed by atoms with E-state index in [0.717, 1.165) is 12.1 Å². The van der Waals surface area contributed by atoms with E-state index >= 15 is 0 Å². The third-order valence-corrected chi connectivity index (χ3v) is 2.35. The molecule has 120 valence electrons. The van der Waals surface area contributed by atoms with Gasteiger partial charge in [0, 0.05) is 0 Å². The number of halogens is 2. The molecule has 5 N–H and O–H groups in total. The molecule has 0 atom stereocenters. The second-order valence-electron chi connectivity index (χ2n) is 3.70. The number of aromatic hydroxyl groups is 1. The summed E-state index contributed by atoms with van der Waals surface area (Å²) in [6.45, 7) is 10.4. The Hall–Kier alpha value is -2.83. The first-order valence-corrected chi connectivity index (χ1v) is 6.28. The maximum atomic E-state index is 13.9. The summed E-state index contributed by atoms with van der Waals surface area (Å²) in [5.41, 5.74) is 3.14. The van der Waals surface area contributed by atoms with Crippen LogP contribution in [0.15, 0.2) is 42.9 Å². The highest BCUT2D eigenvalue weighted by atomic mass is 19.1. The van der Waals surface area contributed by atoms with Crippen molar-refractivity contribution in [2.45, 2.75) is 13.8 Å². The van der Waals surface area contributed by atoms with Gasteiger partial charge in [-0.05, 0) is 12.1 Å². The Morgan fingerprint density at radius 3 is 2.41 bits per heavy atom. The fourth-order valence-electron chi connectivity index (χ4n) is 1.40. The molecule has 5 nitrogen and oxygen atoms in total. The number of nitrogen functional groups attached to an aromatic ring is 1. The molecule has 0 amide bonds. The van der Waals surface area contributed by atoms with Gasteiger partial charge in [0.05, 0.1) is 16.9 Å². The number of rotatable bonds is 5. The SMILES string of the molecule is C=C/C=C(/Nc1c(C(=O)O)cc(O)c(N)c1F)C(=C)F.CC. The predicted molar refractivity (Wildman–Crippen MR) is 82.9 cm³/mol. The van der Waals surface area contributed by atoms with E-state index in [9.17, 15) is 18.7 Å². The van der Waals surface area contributed by atoms with Crippen molar-refractivity contribution in [1.29, 1.82) is 0 Å². The van der Waals surface area contributed by atoms with E-state index in [4.69, 9.17) is 10.8 Å². The van der Waals surface area contributed by atoms with Gasteiger partial charge in [-0.1, -0.05) is 33.1 Å². The molecule has 1 aromatic rings. The van der Waals surface area contributed by atoms with Gasteiger partial charge in [0.25, 0.3) is 0 Å². The number of hydrogen-bond acceptors (Lipinski definition) is 4. The summed E-state index contributed by atoms with van der Waals surface area (Å²) in [5, 5.41) is 20.5. The molecule has 1 aromatic carbocycles. The number of carboxylic acid groups (broad SMARTS) is 1. The van der Waals surface area contributed by atoms with Crippen LogP contribution < -0.4 is 11.1 Å².